The van der Waals surface area contributed by atoms with Gasteiger partial charge in [0, 0.05) is 37.5 Å². The van der Waals surface area contributed by atoms with Crippen molar-refractivity contribution in [2.75, 3.05) is 29.9 Å². The van der Waals surface area contributed by atoms with Crippen LogP contribution in [0.2, 0.25) is 0 Å². The molecule has 40 heavy (non-hydrogen) atoms. The van der Waals surface area contributed by atoms with E-state index >= 15 is 0 Å². The minimum Gasteiger partial charge on any atom is -0.467 e. The molecule has 210 valence electrons. The number of nitrogens with one attached hydrogen (secondary N) is 1. The Morgan fingerprint density at radius 2 is 1.70 bits per heavy atom. The highest BCUT2D eigenvalue weighted by Crippen LogP contribution is 2.30. The molecule has 0 atom stereocenters. The second-order valence-electron chi connectivity index (χ2n) is 9.65. The molecular weight excluding hydrogens is 518 g/mol. The third-order valence-electron chi connectivity index (χ3n) is 6.76. The molecule has 12 heteroatoms. The molecule has 2 amide bonds. The quantitative estimate of drug-likeness (QED) is 0.233. The molecule has 12 nitrogen and oxygen atoms in total. The topological polar surface area (TPSA) is 152 Å². The highest BCUT2D eigenvalue weighted by molar-refractivity contribution is 6.07. The molecule has 1 aliphatic rings. The van der Waals surface area contributed by atoms with E-state index in [9.17, 15) is 29.8 Å². The summed E-state index contributed by atoms with van der Waals surface area (Å²) >= 11 is 0. The first-order valence-corrected chi connectivity index (χ1v) is 13.2. The van der Waals surface area contributed by atoms with Gasteiger partial charge in [-0.15, -0.1) is 0 Å². The first-order chi connectivity index (χ1) is 19.3. The van der Waals surface area contributed by atoms with Crippen LogP contribution >= 0.6 is 0 Å². The van der Waals surface area contributed by atoms with E-state index in [1.807, 2.05) is 17.0 Å². The number of likely N-dealkylation sites (tertiary alicyclic amines) is 1. The van der Waals surface area contributed by atoms with Crippen molar-refractivity contribution >= 4 is 34.6 Å². The van der Waals surface area contributed by atoms with Crippen molar-refractivity contribution in [3.8, 4) is 0 Å². The number of carbonyl (C=O) groups excluding carboxylic acids is 2. The number of furan rings is 1. The van der Waals surface area contributed by atoms with Crippen LogP contribution in [0.5, 0.6) is 0 Å². The average Bonchev–Trinajstić information content (AvgIpc) is 3.48. The van der Waals surface area contributed by atoms with Crippen molar-refractivity contribution < 1.29 is 23.9 Å². The van der Waals surface area contributed by atoms with Gasteiger partial charge < -0.3 is 19.5 Å². The monoisotopic (exact) mass is 549 g/mol. The lowest BCUT2D eigenvalue weighted by Gasteiger charge is -2.31. The molecule has 1 N–H and O–H groups in total. The van der Waals surface area contributed by atoms with Gasteiger partial charge in [-0.3, -0.25) is 29.8 Å². The van der Waals surface area contributed by atoms with E-state index in [1.54, 1.807) is 24.5 Å². The SMILES string of the molecule is CCCCN(Cc1ccco1)c1ccc(NC(=O)c2cc([N+](=O)[O-])cc([N+](=O)[O-])c2)cc1C(=O)N1CCCCC1. The van der Waals surface area contributed by atoms with Gasteiger partial charge in [-0.2, -0.15) is 0 Å². The molecule has 3 aromatic rings. The number of non-ortho nitro benzene ring substituents is 2. The van der Waals surface area contributed by atoms with E-state index in [0.29, 0.717) is 37.4 Å². The highest BCUT2D eigenvalue weighted by atomic mass is 16.6. The number of unbranched alkanes of at least 4 members (excludes halogenated alkanes) is 1. The third kappa shape index (κ3) is 6.82. The van der Waals surface area contributed by atoms with Crippen molar-refractivity contribution in [1.82, 2.24) is 4.90 Å². The Bertz CT molecular complexity index is 1350. The molecular formula is C28H31N5O7. The van der Waals surface area contributed by atoms with Crippen LogP contribution in [0.25, 0.3) is 0 Å². The van der Waals surface area contributed by atoms with Crippen LogP contribution in [-0.4, -0.2) is 46.2 Å². The van der Waals surface area contributed by atoms with E-state index in [-0.39, 0.29) is 17.2 Å². The molecule has 0 bridgehead atoms. The lowest BCUT2D eigenvalue weighted by molar-refractivity contribution is -0.394. The van der Waals surface area contributed by atoms with Crippen LogP contribution in [0.1, 0.15) is 65.5 Å². The number of hydrogen-bond acceptors (Lipinski definition) is 8. The van der Waals surface area contributed by atoms with E-state index in [1.165, 1.54) is 0 Å². The summed E-state index contributed by atoms with van der Waals surface area (Å²) in [6.45, 7) is 4.50. The van der Waals surface area contributed by atoms with E-state index < -0.39 is 27.1 Å². The molecule has 1 fully saturated rings. The number of hydrogen-bond donors (Lipinski definition) is 1. The normalized spacial score (nSPS) is 13.1. The number of nitro groups is 2. The number of anilines is 2. The number of amides is 2. The van der Waals surface area contributed by atoms with Gasteiger partial charge in [0.05, 0.1) is 45.5 Å². The number of rotatable bonds is 11. The summed E-state index contributed by atoms with van der Waals surface area (Å²) in [5.41, 5.74) is 0.0186. The molecule has 0 unspecified atom stereocenters. The Kier molecular flexibility index (Phi) is 9.10. The second-order valence-corrected chi connectivity index (χ2v) is 9.65. The smallest absolute Gasteiger partial charge is 0.277 e. The Hall–Kier alpha value is -4.74. The Labute approximate surface area is 230 Å². The minimum atomic E-state index is -0.794. The molecule has 1 saturated heterocycles. The molecule has 1 aromatic heterocycles. The fraction of sp³-hybridized carbons (Fsp3) is 0.357. The van der Waals surface area contributed by atoms with Crippen molar-refractivity contribution in [2.24, 2.45) is 0 Å². The average molecular weight is 550 g/mol. The summed E-state index contributed by atoms with van der Waals surface area (Å²) in [4.78, 5) is 51.6. The molecule has 2 heterocycles. The van der Waals surface area contributed by atoms with Crippen molar-refractivity contribution in [1.29, 1.82) is 0 Å². The number of carbonyl (C=O) groups is 2. The Morgan fingerprint density at radius 1 is 1.00 bits per heavy atom. The summed E-state index contributed by atoms with van der Waals surface area (Å²) in [5.74, 6) is -0.177. The van der Waals surface area contributed by atoms with Gasteiger partial charge in [-0.05, 0) is 56.0 Å². The molecule has 0 saturated carbocycles. The van der Waals surface area contributed by atoms with Crippen molar-refractivity contribution in [3.05, 3.63) is 91.9 Å². The third-order valence-corrected chi connectivity index (χ3v) is 6.76. The molecule has 1 aliphatic heterocycles. The lowest BCUT2D eigenvalue weighted by atomic mass is 10.0. The fourth-order valence-corrected chi connectivity index (χ4v) is 4.69. The van der Waals surface area contributed by atoms with Gasteiger partial charge in [0.2, 0.25) is 0 Å². The zero-order chi connectivity index (χ0) is 28.6. The number of piperidine rings is 1. The molecule has 0 spiro atoms. The first-order valence-electron chi connectivity index (χ1n) is 13.2. The first kappa shape index (κ1) is 28.3. The maximum atomic E-state index is 13.8. The summed E-state index contributed by atoms with van der Waals surface area (Å²) < 4.78 is 5.57. The molecule has 0 radical (unpaired) electrons. The zero-order valence-electron chi connectivity index (χ0n) is 22.2. The van der Waals surface area contributed by atoms with Gasteiger partial charge in [0.1, 0.15) is 5.76 Å². The second kappa shape index (κ2) is 12.9. The number of benzene rings is 2. The highest BCUT2D eigenvalue weighted by Gasteiger charge is 2.25. The fourth-order valence-electron chi connectivity index (χ4n) is 4.69. The van der Waals surface area contributed by atoms with Crippen LogP contribution in [-0.2, 0) is 6.54 Å². The van der Waals surface area contributed by atoms with Gasteiger partial charge in [0.25, 0.3) is 23.2 Å². The predicted octanol–water partition coefficient (Wildman–Crippen LogP) is 5.78. The summed E-state index contributed by atoms with van der Waals surface area (Å²) in [6, 6.07) is 11.4. The summed E-state index contributed by atoms with van der Waals surface area (Å²) in [5, 5.41) is 25.2. The standard InChI is InChI=1S/C28H31N5O7/c1-2-3-11-31(19-24-8-7-14-40-24)26-10-9-21(17-25(26)28(35)30-12-5-4-6-13-30)29-27(34)20-15-22(32(36)37)18-23(16-20)33(38)39/h7-10,14-18H,2-6,11-13,19H2,1H3,(H,29,34). The van der Waals surface area contributed by atoms with Gasteiger partial charge in [-0.1, -0.05) is 13.3 Å². The molecule has 0 aliphatic carbocycles. The van der Waals surface area contributed by atoms with Crippen molar-refractivity contribution in [2.45, 2.75) is 45.6 Å². The van der Waals surface area contributed by atoms with E-state index in [0.717, 1.165) is 56.1 Å². The maximum absolute atomic E-state index is 13.8. The maximum Gasteiger partial charge on any atom is 0.277 e. The summed E-state index contributed by atoms with van der Waals surface area (Å²) in [6.07, 6.45) is 6.33. The van der Waals surface area contributed by atoms with Crippen molar-refractivity contribution in [3.63, 3.8) is 0 Å². The predicted molar refractivity (Wildman–Crippen MR) is 149 cm³/mol. The lowest BCUT2D eigenvalue weighted by Crippen LogP contribution is -2.37. The molecule has 4 rings (SSSR count). The van der Waals surface area contributed by atoms with Gasteiger partial charge in [0.15, 0.2) is 0 Å². The van der Waals surface area contributed by atoms with Gasteiger partial charge >= 0.3 is 0 Å². The van der Waals surface area contributed by atoms with Crippen LogP contribution in [0.15, 0.2) is 59.2 Å². The van der Waals surface area contributed by atoms with E-state index in [2.05, 4.69) is 17.1 Å². The summed E-state index contributed by atoms with van der Waals surface area (Å²) in [7, 11) is 0. The zero-order valence-corrected chi connectivity index (χ0v) is 22.2. The number of nitrogens with zero attached hydrogens (tertiary/aromatic N) is 4. The van der Waals surface area contributed by atoms with Gasteiger partial charge in [-0.25, -0.2) is 0 Å². The van der Waals surface area contributed by atoms with Crippen LogP contribution in [0, 0.1) is 20.2 Å². The van der Waals surface area contributed by atoms with Crippen LogP contribution in [0.4, 0.5) is 22.7 Å². The molecule has 2 aromatic carbocycles. The Morgan fingerprint density at radius 3 is 2.30 bits per heavy atom. The largest absolute Gasteiger partial charge is 0.467 e. The van der Waals surface area contributed by atoms with E-state index in [4.69, 9.17) is 4.42 Å². The van der Waals surface area contributed by atoms with Crippen LogP contribution < -0.4 is 10.2 Å². The number of nitro benzene ring substituents is 2. The Balaban J connectivity index is 1.70. The minimum absolute atomic E-state index is 0.155. The van der Waals surface area contributed by atoms with Crippen LogP contribution in [0.3, 0.4) is 0 Å².